The quantitative estimate of drug-likeness (QED) is 0.550. The minimum Gasteiger partial charge on any atom is -0.493 e. The van der Waals surface area contributed by atoms with E-state index in [-0.39, 0.29) is 0 Å². The molecule has 0 aliphatic rings. The summed E-state index contributed by atoms with van der Waals surface area (Å²) in [5, 5.41) is 3.28. The summed E-state index contributed by atoms with van der Waals surface area (Å²) in [5.41, 5.74) is 2.46. The number of rotatable bonds is 8. The van der Waals surface area contributed by atoms with E-state index in [0.29, 0.717) is 0 Å². The van der Waals surface area contributed by atoms with E-state index in [4.69, 9.17) is 4.74 Å². The lowest BCUT2D eigenvalue weighted by molar-refractivity contribution is 0.304. The number of benzene rings is 1. The van der Waals surface area contributed by atoms with Crippen molar-refractivity contribution in [1.29, 1.82) is 0 Å². The summed E-state index contributed by atoms with van der Waals surface area (Å²) in [5.74, 6) is 1.02. The van der Waals surface area contributed by atoms with E-state index in [1.807, 2.05) is 6.08 Å². The molecule has 0 spiro atoms. The lowest BCUT2D eigenvalue weighted by Crippen LogP contribution is -2.15. The molecule has 2 nitrogen and oxygen atoms in total. The van der Waals surface area contributed by atoms with Gasteiger partial charge in [-0.3, -0.25) is 0 Å². The monoisotopic (exact) mass is 233 g/mol. The molecule has 0 aliphatic carbocycles. The third kappa shape index (κ3) is 5.55. The van der Waals surface area contributed by atoms with E-state index in [1.165, 1.54) is 11.1 Å². The Labute approximate surface area is 105 Å². The molecule has 0 heterocycles. The second kappa shape index (κ2) is 7.91. The maximum absolute atomic E-state index is 5.78. The van der Waals surface area contributed by atoms with Gasteiger partial charge in [-0.1, -0.05) is 18.2 Å². The van der Waals surface area contributed by atoms with Gasteiger partial charge in [0.15, 0.2) is 0 Å². The van der Waals surface area contributed by atoms with Crippen LogP contribution in [0.25, 0.3) is 0 Å². The summed E-state index contributed by atoms with van der Waals surface area (Å²) in [7, 11) is 0. The fourth-order valence-electron chi connectivity index (χ4n) is 1.60. The zero-order valence-electron chi connectivity index (χ0n) is 11.0. The van der Waals surface area contributed by atoms with Crippen LogP contribution in [0.2, 0.25) is 0 Å². The average Bonchev–Trinajstić information content (AvgIpc) is 2.32. The largest absolute Gasteiger partial charge is 0.493 e. The van der Waals surface area contributed by atoms with E-state index >= 15 is 0 Å². The van der Waals surface area contributed by atoms with Gasteiger partial charge in [0.2, 0.25) is 0 Å². The molecular formula is C15H23NO. The first-order chi connectivity index (χ1) is 8.24. The number of nitrogens with one attached hydrogen (secondary N) is 1. The fourth-order valence-corrected chi connectivity index (χ4v) is 1.60. The molecule has 1 N–H and O–H groups in total. The molecule has 0 saturated heterocycles. The Bertz CT molecular complexity index is 347. The Hall–Kier alpha value is -1.28. The molecule has 0 atom stereocenters. The van der Waals surface area contributed by atoms with Crippen molar-refractivity contribution >= 4 is 0 Å². The zero-order valence-corrected chi connectivity index (χ0v) is 11.0. The highest BCUT2D eigenvalue weighted by Crippen LogP contribution is 2.19. The topological polar surface area (TPSA) is 21.3 Å². The van der Waals surface area contributed by atoms with Gasteiger partial charge in [-0.05, 0) is 50.4 Å². The second-order valence-electron chi connectivity index (χ2n) is 4.32. The Morgan fingerprint density at radius 2 is 2.12 bits per heavy atom. The molecule has 0 saturated carbocycles. The van der Waals surface area contributed by atoms with Crippen LogP contribution in [0.1, 0.15) is 24.0 Å². The second-order valence-corrected chi connectivity index (χ2v) is 4.32. The SMILES string of the molecule is C=CCNCCCCOc1cc(C)ccc1C. The highest BCUT2D eigenvalue weighted by atomic mass is 16.5. The van der Waals surface area contributed by atoms with Crippen LogP contribution in [0.4, 0.5) is 0 Å². The minimum atomic E-state index is 0.792. The van der Waals surface area contributed by atoms with Crippen LogP contribution in [-0.4, -0.2) is 19.7 Å². The van der Waals surface area contributed by atoms with Crippen molar-refractivity contribution in [2.75, 3.05) is 19.7 Å². The van der Waals surface area contributed by atoms with Crippen molar-refractivity contribution in [1.82, 2.24) is 5.32 Å². The van der Waals surface area contributed by atoms with Crippen LogP contribution in [0.5, 0.6) is 5.75 Å². The first kappa shape index (κ1) is 13.8. The Balaban J connectivity index is 2.17. The first-order valence-electron chi connectivity index (χ1n) is 6.25. The Morgan fingerprint density at radius 1 is 1.29 bits per heavy atom. The Kier molecular flexibility index (Phi) is 6.41. The highest BCUT2D eigenvalue weighted by molar-refractivity contribution is 5.35. The normalized spacial score (nSPS) is 10.2. The molecule has 17 heavy (non-hydrogen) atoms. The van der Waals surface area contributed by atoms with Crippen LogP contribution in [-0.2, 0) is 0 Å². The van der Waals surface area contributed by atoms with Gasteiger partial charge in [0.25, 0.3) is 0 Å². The van der Waals surface area contributed by atoms with Gasteiger partial charge in [-0.25, -0.2) is 0 Å². The molecule has 0 radical (unpaired) electrons. The third-order valence-electron chi connectivity index (χ3n) is 2.64. The molecule has 1 aromatic carbocycles. The summed E-state index contributed by atoms with van der Waals surface area (Å²) in [4.78, 5) is 0. The molecule has 2 heteroatoms. The van der Waals surface area contributed by atoms with Crippen molar-refractivity contribution in [3.63, 3.8) is 0 Å². The van der Waals surface area contributed by atoms with Gasteiger partial charge in [0.05, 0.1) is 6.61 Å². The van der Waals surface area contributed by atoms with Crippen molar-refractivity contribution in [2.24, 2.45) is 0 Å². The molecule has 0 amide bonds. The van der Waals surface area contributed by atoms with Crippen LogP contribution < -0.4 is 10.1 Å². The predicted molar refractivity (Wildman–Crippen MR) is 73.7 cm³/mol. The van der Waals surface area contributed by atoms with Crippen LogP contribution in [0, 0.1) is 13.8 Å². The maximum Gasteiger partial charge on any atom is 0.122 e. The molecule has 1 aromatic rings. The standard InChI is InChI=1S/C15H23NO/c1-4-9-16-10-5-6-11-17-15-12-13(2)7-8-14(15)3/h4,7-8,12,16H,1,5-6,9-11H2,2-3H3. The van der Waals surface area contributed by atoms with Crippen molar-refractivity contribution < 1.29 is 4.74 Å². The van der Waals surface area contributed by atoms with E-state index in [0.717, 1.165) is 38.3 Å². The summed E-state index contributed by atoms with van der Waals surface area (Å²) >= 11 is 0. The first-order valence-corrected chi connectivity index (χ1v) is 6.25. The van der Waals surface area contributed by atoms with Crippen molar-refractivity contribution in [3.05, 3.63) is 42.0 Å². The van der Waals surface area contributed by atoms with Crippen LogP contribution >= 0.6 is 0 Å². The van der Waals surface area contributed by atoms with E-state index in [1.54, 1.807) is 0 Å². The molecule has 0 unspecified atom stereocenters. The van der Waals surface area contributed by atoms with E-state index in [2.05, 4.69) is 43.9 Å². The van der Waals surface area contributed by atoms with Gasteiger partial charge in [-0.15, -0.1) is 6.58 Å². The lowest BCUT2D eigenvalue weighted by atomic mass is 10.1. The minimum absolute atomic E-state index is 0.792. The maximum atomic E-state index is 5.78. The molecule has 0 aromatic heterocycles. The average molecular weight is 233 g/mol. The van der Waals surface area contributed by atoms with Gasteiger partial charge in [0.1, 0.15) is 5.75 Å². The number of unbranched alkanes of at least 4 members (excludes halogenated alkanes) is 1. The van der Waals surface area contributed by atoms with Crippen molar-refractivity contribution in [2.45, 2.75) is 26.7 Å². The molecule has 0 fully saturated rings. The third-order valence-corrected chi connectivity index (χ3v) is 2.64. The Morgan fingerprint density at radius 3 is 2.88 bits per heavy atom. The molecule has 1 rings (SSSR count). The number of hydrogen-bond donors (Lipinski definition) is 1. The van der Waals surface area contributed by atoms with Gasteiger partial charge in [-0.2, -0.15) is 0 Å². The number of aryl methyl sites for hydroxylation is 2. The number of hydrogen-bond acceptors (Lipinski definition) is 2. The van der Waals surface area contributed by atoms with Crippen LogP contribution in [0.3, 0.4) is 0 Å². The molecule has 0 bridgehead atoms. The van der Waals surface area contributed by atoms with Gasteiger partial charge >= 0.3 is 0 Å². The molecular weight excluding hydrogens is 210 g/mol. The lowest BCUT2D eigenvalue weighted by Gasteiger charge is -2.09. The molecule has 0 aliphatic heterocycles. The predicted octanol–water partition coefficient (Wildman–Crippen LogP) is 3.24. The summed E-state index contributed by atoms with van der Waals surface area (Å²) < 4.78 is 5.78. The van der Waals surface area contributed by atoms with Gasteiger partial charge < -0.3 is 10.1 Å². The fraction of sp³-hybridized carbons (Fsp3) is 0.467. The summed E-state index contributed by atoms with van der Waals surface area (Å²) in [6.45, 7) is 10.5. The molecule has 94 valence electrons. The summed E-state index contributed by atoms with van der Waals surface area (Å²) in [6, 6.07) is 6.32. The summed E-state index contributed by atoms with van der Waals surface area (Å²) in [6.07, 6.45) is 4.10. The number of ether oxygens (including phenoxy) is 1. The van der Waals surface area contributed by atoms with Crippen molar-refractivity contribution in [3.8, 4) is 5.75 Å². The van der Waals surface area contributed by atoms with Crippen LogP contribution in [0.15, 0.2) is 30.9 Å². The van der Waals surface area contributed by atoms with E-state index in [9.17, 15) is 0 Å². The van der Waals surface area contributed by atoms with E-state index < -0.39 is 0 Å². The highest BCUT2D eigenvalue weighted by Gasteiger charge is 1.99. The van der Waals surface area contributed by atoms with Gasteiger partial charge in [0, 0.05) is 6.54 Å². The zero-order chi connectivity index (χ0) is 12.5. The smallest absolute Gasteiger partial charge is 0.122 e.